The van der Waals surface area contributed by atoms with E-state index in [0.29, 0.717) is 0 Å². The van der Waals surface area contributed by atoms with Crippen LogP contribution in [0.15, 0.2) is 24.4 Å². The molecule has 0 fully saturated rings. The zero-order valence-corrected chi connectivity index (χ0v) is 12.7. The molecule has 8 heteroatoms. The Morgan fingerprint density at radius 3 is 2.24 bits per heavy atom. The quantitative estimate of drug-likeness (QED) is 0.640. The van der Waals surface area contributed by atoms with Crippen molar-refractivity contribution < 1.29 is 17.9 Å². The fourth-order valence-electron chi connectivity index (χ4n) is 1.80. The molecular weight excluding hydrogens is 350 g/mol. The fourth-order valence-corrected chi connectivity index (χ4v) is 2.44. The van der Waals surface area contributed by atoms with Crippen molar-refractivity contribution in [2.45, 2.75) is 6.18 Å². The monoisotopic (exact) mass is 355 g/mol. The SMILES string of the molecule is COc1ccnc(C(F)(F)F)c1-c1cc(Cl)c(Cl)cc1Cl. The number of rotatable bonds is 2. The summed E-state index contributed by atoms with van der Waals surface area (Å²) in [5, 5.41) is 0.234. The summed E-state index contributed by atoms with van der Waals surface area (Å²) in [5.74, 6) is -0.0161. The Kier molecular flexibility index (Phi) is 4.56. The van der Waals surface area contributed by atoms with Gasteiger partial charge in [0.25, 0.3) is 0 Å². The highest BCUT2D eigenvalue weighted by atomic mass is 35.5. The minimum atomic E-state index is -4.67. The molecule has 21 heavy (non-hydrogen) atoms. The summed E-state index contributed by atoms with van der Waals surface area (Å²) in [6.45, 7) is 0. The Balaban J connectivity index is 2.82. The van der Waals surface area contributed by atoms with Gasteiger partial charge in [-0.3, -0.25) is 4.98 Å². The van der Waals surface area contributed by atoms with Crippen LogP contribution >= 0.6 is 34.8 Å². The first-order valence-corrected chi connectivity index (χ1v) is 6.64. The molecule has 0 spiro atoms. The highest BCUT2D eigenvalue weighted by Gasteiger charge is 2.37. The maximum atomic E-state index is 13.1. The van der Waals surface area contributed by atoms with E-state index in [1.807, 2.05) is 0 Å². The molecule has 0 saturated heterocycles. The molecule has 0 aliphatic heterocycles. The van der Waals surface area contributed by atoms with Crippen LogP contribution in [-0.4, -0.2) is 12.1 Å². The third-order valence-electron chi connectivity index (χ3n) is 2.68. The van der Waals surface area contributed by atoms with Gasteiger partial charge in [-0.05, 0) is 18.2 Å². The topological polar surface area (TPSA) is 22.1 Å². The van der Waals surface area contributed by atoms with Crippen LogP contribution in [0.3, 0.4) is 0 Å². The van der Waals surface area contributed by atoms with Gasteiger partial charge in [0.1, 0.15) is 5.75 Å². The highest BCUT2D eigenvalue weighted by molar-refractivity contribution is 6.44. The van der Waals surface area contributed by atoms with E-state index < -0.39 is 11.9 Å². The van der Waals surface area contributed by atoms with E-state index in [-0.39, 0.29) is 31.9 Å². The van der Waals surface area contributed by atoms with Gasteiger partial charge in [0.2, 0.25) is 0 Å². The maximum Gasteiger partial charge on any atom is 0.434 e. The second-order valence-electron chi connectivity index (χ2n) is 3.98. The van der Waals surface area contributed by atoms with Crippen molar-refractivity contribution in [3.05, 3.63) is 45.2 Å². The zero-order valence-electron chi connectivity index (χ0n) is 10.4. The molecule has 2 aromatic rings. The van der Waals surface area contributed by atoms with Gasteiger partial charge in [-0.1, -0.05) is 34.8 Å². The summed E-state index contributed by atoms with van der Waals surface area (Å²) in [5.41, 5.74) is -1.35. The number of halogens is 6. The summed E-state index contributed by atoms with van der Waals surface area (Å²) in [6.07, 6.45) is -3.66. The number of hydrogen-bond acceptors (Lipinski definition) is 2. The third-order valence-corrected chi connectivity index (χ3v) is 3.72. The fraction of sp³-hybridized carbons (Fsp3) is 0.154. The molecular formula is C13H7Cl3F3NO. The van der Waals surface area contributed by atoms with Gasteiger partial charge in [-0.15, -0.1) is 0 Å². The number of nitrogens with zero attached hydrogens (tertiary/aromatic N) is 1. The van der Waals surface area contributed by atoms with Crippen molar-refractivity contribution in [3.8, 4) is 16.9 Å². The lowest BCUT2D eigenvalue weighted by molar-refractivity contribution is -0.140. The molecule has 0 bridgehead atoms. The Morgan fingerprint density at radius 1 is 1.05 bits per heavy atom. The molecule has 1 aromatic heterocycles. The van der Waals surface area contributed by atoms with Gasteiger partial charge < -0.3 is 4.74 Å². The average molecular weight is 357 g/mol. The summed E-state index contributed by atoms with van der Waals surface area (Å²) in [6, 6.07) is 3.83. The smallest absolute Gasteiger partial charge is 0.434 e. The molecule has 0 aliphatic rings. The second-order valence-corrected chi connectivity index (χ2v) is 5.20. The summed E-state index contributed by atoms with van der Waals surface area (Å²) < 4.78 is 44.4. The highest BCUT2D eigenvalue weighted by Crippen LogP contribution is 2.44. The van der Waals surface area contributed by atoms with Crippen LogP contribution in [0.1, 0.15) is 5.69 Å². The van der Waals surface area contributed by atoms with Crippen LogP contribution in [0.25, 0.3) is 11.1 Å². The van der Waals surface area contributed by atoms with Crippen LogP contribution in [-0.2, 0) is 6.18 Å². The Labute approximate surface area is 133 Å². The van der Waals surface area contributed by atoms with Crippen molar-refractivity contribution in [1.29, 1.82) is 0 Å². The summed E-state index contributed by atoms with van der Waals surface area (Å²) >= 11 is 17.6. The van der Waals surface area contributed by atoms with E-state index >= 15 is 0 Å². The Hall–Kier alpha value is -1.17. The molecule has 0 atom stereocenters. The predicted octanol–water partition coefficient (Wildman–Crippen LogP) is 5.74. The van der Waals surface area contributed by atoms with E-state index in [1.54, 1.807) is 0 Å². The van der Waals surface area contributed by atoms with Crippen molar-refractivity contribution in [3.63, 3.8) is 0 Å². The van der Waals surface area contributed by atoms with Gasteiger partial charge >= 0.3 is 6.18 Å². The van der Waals surface area contributed by atoms with Crippen LogP contribution in [0.2, 0.25) is 15.1 Å². The molecule has 0 saturated carbocycles. The Morgan fingerprint density at radius 2 is 1.67 bits per heavy atom. The van der Waals surface area contributed by atoms with Gasteiger partial charge in [0.05, 0.1) is 27.7 Å². The molecule has 1 aromatic carbocycles. The first-order chi connectivity index (χ1) is 9.75. The molecule has 112 valence electrons. The molecule has 0 N–H and O–H groups in total. The number of ether oxygens (including phenoxy) is 1. The molecule has 1 heterocycles. The normalized spacial score (nSPS) is 11.6. The van der Waals surface area contributed by atoms with E-state index in [0.717, 1.165) is 6.20 Å². The van der Waals surface area contributed by atoms with E-state index in [4.69, 9.17) is 39.5 Å². The lowest BCUT2D eigenvalue weighted by atomic mass is 10.0. The maximum absolute atomic E-state index is 13.1. The Bertz CT molecular complexity index is 689. The largest absolute Gasteiger partial charge is 0.496 e. The lowest BCUT2D eigenvalue weighted by Crippen LogP contribution is -2.11. The minimum Gasteiger partial charge on any atom is -0.496 e. The molecule has 0 amide bonds. The zero-order chi connectivity index (χ0) is 15.8. The predicted molar refractivity (Wildman–Crippen MR) is 76.3 cm³/mol. The number of aromatic nitrogens is 1. The minimum absolute atomic E-state index is 0.0150. The van der Waals surface area contributed by atoms with E-state index in [2.05, 4.69) is 4.98 Å². The van der Waals surface area contributed by atoms with Crippen LogP contribution in [0.4, 0.5) is 13.2 Å². The molecule has 0 radical (unpaired) electrons. The van der Waals surface area contributed by atoms with Gasteiger partial charge in [-0.2, -0.15) is 13.2 Å². The van der Waals surface area contributed by atoms with Crippen molar-refractivity contribution in [2.75, 3.05) is 7.11 Å². The molecule has 0 aliphatic carbocycles. The number of methoxy groups -OCH3 is 1. The molecule has 2 nitrogen and oxygen atoms in total. The molecule has 2 rings (SSSR count). The molecule has 0 unspecified atom stereocenters. The van der Waals surface area contributed by atoms with E-state index in [9.17, 15) is 13.2 Å². The van der Waals surface area contributed by atoms with Crippen LogP contribution in [0, 0.1) is 0 Å². The van der Waals surface area contributed by atoms with Gasteiger partial charge in [-0.25, -0.2) is 0 Å². The average Bonchev–Trinajstić information content (AvgIpc) is 2.41. The number of benzene rings is 1. The third kappa shape index (κ3) is 3.20. The second kappa shape index (κ2) is 5.91. The number of hydrogen-bond donors (Lipinski definition) is 0. The lowest BCUT2D eigenvalue weighted by Gasteiger charge is -2.16. The first kappa shape index (κ1) is 16.2. The van der Waals surface area contributed by atoms with Crippen molar-refractivity contribution >= 4 is 34.8 Å². The van der Waals surface area contributed by atoms with E-state index in [1.165, 1.54) is 25.3 Å². The van der Waals surface area contributed by atoms with Crippen LogP contribution in [0.5, 0.6) is 5.75 Å². The number of alkyl halides is 3. The standard InChI is InChI=1S/C13H7Cl3F3NO/c1-21-10-2-3-20-12(13(17,18)19)11(10)6-4-8(15)9(16)5-7(6)14/h2-5H,1H3. The summed E-state index contributed by atoms with van der Waals surface area (Å²) in [4.78, 5) is 3.39. The first-order valence-electron chi connectivity index (χ1n) is 5.50. The number of pyridine rings is 1. The summed E-state index contributed by atoms with van der Waals surface area (Å²) in [7, 11) is 1.25. The van der Waals surface area contributed by atoms with Gasteiger partial charge in [0, 0.05) is 11.8 Å². The van der Waals surface area contributed by atoms with Crippen molar-refractivity contribution in [2.24, 2.45) is 0 Å². The van der Waals surface area contributed by atoms with Crippen molar-refractivity contribution in [1.82, 2.24) is 4.98 Å². The van der Waals surface area contributed by atoms with Gasteiger partial charge in [0.15, 0.2) is 5.69 Å². The van der Waals surface area contributed by atoms with Crippen LogP contribution < -0.4 is 4.74 Å².